The van der Waals surface area contributed by atoms with Crippen LogP contribution < -0.4 is 0 Å². The molecule has 0 spiro atoms. The van der Waals surface area contributed by atoms with Gasteiger partial charge in [-0.1, -0.05) is 0 Å². The van der Waals surface area contributed by atoms with Crippen molar-refractivity contribution in [2.45, 2.75) is 19.3 Å². The maximum absolute atomic E-state index is 10.7. The van der Waals surface area contributed by atoms with E-state index >= 15 is 0 Å². The second kappa shape index (κ2) is 3.79. The van der Waals surface area contributed by atoms with Gasteiger partial charge in [-0.2, -0.15) is 0 Å². The molecule has 13 heavy (non-hydrogen) atoms. The van der Waals surface area contributed by atoms with Crippen molar-refractivity contribution in [2.24, 2.45) is 5.92 Å². The van der Waals surface area contributed by atoms with Crippen LogP contribution in [-0.2, 0) is 17.6 Å². The third-order valence-electron chi connectivity index (χ3n) is 2.34. The lowest BCUT2D eigenvalue weighted by atomic mass is 9.90. The highest BCUT2D eigenvalue weighted by molar-refractivity contribution is 5.85. The average Bonchev–Trinajstić information content (AvgIpc) is 2.49. The van der Waals surface area contributed by atoms with Gasteiger partial charge in [0.25, 0.3) is 0 Å². The number of nitrogens with one attached hydrogen (secondary N) is 1. The number of rotatable bonds is 1. The minimum Gasteiger partial charge on any atom is -0.481 e. The fourth-order valence-corrected chi connectivity index (χ4v) is 1.61. The van der Waals surface area contributed by atoms with E-state index in [0.29, 0.717) is 12.8 Å². The molecular formula is C8H11ClN2O2. The number of aliphatic carboxylic acids is 1. The van der Waals surface area contributed by atoms with Gasteiger partial charge in [0.15, 0.2) is 0 Å². The first-order valence-corrected chi connectivity index (χ1v) is 4.01. The molecule has 0 unspecified atom stereocenters. The zero-order valence-electron chi connectivity index (χ0n) is 6.99. The maximum Gasteiger partial charge on any atom is 0.306 e. The Balaban J connectivity index is 0.000000845. The number of carboxylic acid groups (broad SMARTS) is 1. The molecule has 1 atom stereocenters. The van der Waals surface area contributed by atoms with Crippen molar-refractivity contribution in [3.8, 4) is 0 Å². The van der Waals surface area contributed by atoms with Gasteiger partial charge < -0.3 is 10.1 Å². The summed E-state index contributed by atoms with van der Waals surface area (Å²) in [5, 5.41) is 8.77. The molecule has 72 valence electrons. The summed E-state index contributed by atoms with van der Waals surface area (Å²) in [5.41, 5.74) is 2.03. The highest BCUT2D eigenvalue weighted by Gasteiger charge is 2.25. The fourth-order valence-electron chi connectivity index (χ4n) is 1.61. The molecule has 1 aromatic rings. The van der Waals surface area contributed by atoms with Gasteiger partial charge in [-0.05, 0) is 12.8 Å². The number of carboxylic acids is 1. The van der Waals surface area contributed by atoms with Gasteiger partial charge in [-0.25, -0.2) is 4.98 Å². The number of aryl methyl sites for hydroxylation is 1. The van der Waals surface area contributed by atoms with E-state index in [9.17, 15) is 4.79 Å². The third kappa shape index (κ3) is 1.83. The van der Waals surface area contributed by atoms with Crippen molar-refractivity contribution >= 4 is 18.4 Å². The maximum atomic E-state index is 10.7. The number of nitrogens with zero attached hydrogens (tertiary/aromatic N) is 1. The van der Waals surface area contributed by atoms with E-state index in [-0.39, 0.29) is 18.3 Å². The van der Waals surface area contributed by atoms with Crippen LogP contribution in [0.25, 0.3) is 0 Å². The molecule has 0 radical (unpaired) electrons. The number of aromatic nitrogens is 2. The van der Waals surface area contributed by atoms with Gasteiger partial charge in [-0.3, -0.25) is 4.79 Å². The van der Waals surface area contributed by atoms with Crippen LogP contribution in [0.3, 0.4) is 0 Å². The Bertz CT molecular complexity index is 311. The van der Waals surface area contributed by atoms with Crippen LogP contribution in [-0.4, -0.2) is 21.0 Å². The van der Waals surface area contributed by atoms with Gasteiger partial charge in [0.2, 0.25) is 0 Å². The summed E-state index contributed by atoms with van der Waals surface area (Å²) in [6.07, 6.45) is 3.74. The first kappa shape index (κ1) is 10.1. The summed E-state index contributed by atoms with van der Waals surface area (Å²) in [5.74, 6) is -0.923. The SMILES string of the molecule is Cl.O=C(O)[C@@H]1CCc2nc[nH]c2C1. The molecule has 2 rings (SSSR count). The smallest absolute Gasteiger partial charge is 0.306 e. The van der Waals surface area contributed by atoms with E-state index < -0.39 is 5.97 Å². The average molecular weight is 203 g/mol. The van der Waals surface area contributed by atoms with Crippen molar-refractivity contribution in [2.75, 3.05) is 0 Å². The van der Waals surface area contributed by atoms with Crippen LogP contribution in [0.5, 0.6) is 0 Å². The summed E-state index contributed by atoms with van der Waals surface area (Å²) in [6.45, 7) is 0. The Hall–Kier alpha value is -1.03. The molecule has 0 aliphatic heterocycles. The number of imidazole rings is 1. The highest BCUT2D eigenvalue weighted by atomic mass is 35.5. The van der Waals surface area contributed by atoms with Crippen LogP contribution >= 0.6 is 12.4 Å². The predicted octanol–water partition coefficient (Wildman–Crippen LogP) is 1.02. The number of aromatic amines is 1. The lowest BCUT2D eigenvalue weighted by molar-refractivity contribution is -0.142. The second-order valence-corrected chi connectivity index (χ2v) is 3.11. The van der Waals surface area contributed by atoms with Crippen molar-refractivity contribution in [3.05, 3.63) is 17.7 Å². The van der Waals surface area contributed by atoms with E-state index in [1.807, 2.05) is 0 Å². The topological polar surface area (TPSA) is 66.0 Å². The molecular weight excluding hydrogens is 192 g/mol. The minimum atomic E-state index is -0.699. The van der Waals surface area contributed by atoms with Crippen LogP contribution in [0.1, 0.15) is 17.8 Å². The van der Waals surface area contributed by atoms with E-state index in [0.717, 1.165) is 17.8 Å². The van der Waals surface area contributed by atoms with Crippen molar-refractivity contribution in [3.63, 3.8) is 0 Å². The normalized spacial score (nSPS) is 20.2. The molecule has 1 aromatic heterocycles. The van der Waals surface area contributed by atoms with Gasteiger partial charge >= 0.3 is 5.97 Å². The molecule has 0 aromatic carbocycles. The van der Waals surface area contributed by atoms with Crippen molar-refractivity contribution in [1.29, 1.82) is 0 Å². The van der Waals surface area contributed by atoms with Crippen LogP contribution in [0.2, 0.25) is 0 Å². The largest absolute Gasteiger partial charge is 0.481 e. The molecule has 2 N–H and O–H groups in total. The summed E-state index contributed by atoms with van der Waals surface area (Å²) in [7, 11) is 0. The predicted molar refractivity (Wildman–Crippen MR) is 49.0 cm³/mol. The fraction of sp³-hybridized carbons (Fsp3) is 0.500. The molecule has 5 heteroatoms. The number of halogens is 1. The summed E-state index contributed by atoms with van der Waals surface area (Å²) < 4.78 is 0. The Labute approximate surface area is 81.8 Å². The van der Waals surface area contributed by atoms with Gasteiger partial charge in [0.1, 0.15) is 0 Å². The van der Waals surface area contributed by atoms with Crippen LogP contribution in [0.4, 0.5) is 0 Å². The Kier molecular flexibility index (Phi) is 2.93. The standard InChI is InChI=1S/C8H10N2O2.ClH/c11-8(12)5-1-2-6-7(3-5)10-4-9-6;/h4-5H,1-3H2,(H,9,10)(H,11,12);1H/t5-;/m1./s1. The monoisotopic (exact) mass is 202 g/mol. The van der Waals surface area contributed by atoms with Gasteiger partial charge in [-0.15, -0.1) is 12.4 Å². The first-order valence-electron chi connectivity index (χ1n) is 4.01. The molecule has 1 aliphatic rings. The Morgan fingerprint density at radius 2 is 2.46 bits per heavy atom. The third-order valence-corrected chi connectivity index (χ3v) is 2.34. The molecule has 4 nitrogen and oxygen atoms in total. The quantitative estimate of drug-likeness (QED) is 0.715. The van der Waals surface area contributed by atoms with Gasteiger partial charge in [0, 0.05) is 12.1 Å². The highest BCUT2D eigenvalue weighted by Crippen LogP contribution is 2.22. The molecule has 0 saturated carbocycles. The van der Waals surface area contributed by atoms with Crippen molar-refractivity contribution in [1.82, 2.24) is 9.97 Å². The number of carbonyl (C=O) groups is 1. The van der Waals surface area contributed by atoms with E-state index in [1.165, 1.54) is 0 Å². The molecule has 0 amide bonds. The number of hydrogen-bond acceptors (Lipinski definition) is 2. The molecule has 0 bridgehead atoms. The zero-order valence-corrected chi connectivity index (χ0v) is 7.80. The molecule has 0 fully saturated rings. The van der Waals surface area contributed by atoms with E-state index in [4.69, 9.17) is 5.11 Å². The minimum absolute atomic E-state index is 0. The van der Waals surface area contributed by atoms with E-state index in [2.05, 4.69) is 9.97 Å². The zero-order chi connectivity index (χ0) is 8.55. The molecule has 1 aliphatic carbocycles. The van der Waals surface area contributed by atoms with Crippen LogP contribution in [0, 0.1) is 5.92 Å². The van der Waals surface area contributed by atoms with Gasteiger partial charge in [0.05, 0.1) is 17.9 Å². The number of fused-ring (bicyclic) bond motifs is 1. The number of hydrogen-bond donors (Lipinski definition) is 2. The number of H-pyrrole nitrogens is 1. The Morgan fingerprint density at radius 3 is 3.15 bits per heavy atom. The lowest BCUT2D eigenvalue weighted by Crippen LogP contribution is -2.22. The second-order valence-electron chi connectivity index (χ2n) is 3.11. The molecule has 0 saturated heterocycles. The summed E-state index contributed by atoms with van der Waals surface area (Å²) in [6, 6.07) is 0. The lowest BCUT2D eigenvalue weighted by Gasteiger charge is -2.16. The Morgan fingerprint density at radius 1 is 1.69 bits per heavy atom. The summed E-state index contributed by atoms with van der Waals surface area (Å²) in [4.78, 5) is 17.7. The van der Waals surface area contributed by atoms with E-state index in [1.54, 1.807) is 6.33 Å². The van der Waals surface area contributed by atoms with Crippen molar-refractivity contribution < 1.29 is 9.90 Å². The summed E-state index contributed by atoms with van der Waals surface area (Å²) >= 11 is 0. The van der Waals surface area contributed by atoms with Crippen LogP contribution in [0.15, 0.2) is 6.33 Å². The first-order chi connectivity index (χ1) is 5.77. The molecule has 1 heterocycles.